The van der Waals surface area contributed by atoms with Crippen LogP contribution in [0.15, 0.2) is 54.6 Å². The van der Waals surface area contributed by atoms with Gasteiger partial charge in [-0.15, -0.1) is 0 Å². The van der Waals surface area contributed by atoms with E-state index >= 15 is 0 Å². The summed E-state index contributed by atoms with van der Waals surface area (Å²) in [5.74, 6) is 1.06. The van der Waals surface area contributed by atoms with E-state index in [1.165, 1.54) is 5.56 Å². The average Bonchev–Trinajstić information content (AvgIpc) is 2.76. The Bertz CT molecular complexity index is 738. The highest BCUT2D eigenvalue weighted by atomic mass is 16.5. The van der Waals surface area contributed by atoms with Crippen molar-refractivity contribution in [1.29, 1.82) is 0 Å². The van der Waals surface area contributed by atoms with Crippen molar-refractivity contribution in [3.63, 3.8) is 0 Å². The largest absolute Gasteiger partial charge is 0.493 e. The summed E-state index contributed by atoms with van der Waals surface area (Å²) in [6, 6.07) is 17.6. The number of ether oxygens (including phenoxy) is 3. The van der Waals surface area contributed by atoms with Gasteiger partial charge in [-0.3, -0.25) is 9.69 Å². The van der Waals surface area contributed by atoms with Crippen LogP contribution in [-0.4, -0.2) is 57.3 Å². The minimum atomic E-state index is -0.130. The summed E-state index contributed by atoms with van der Waals surface area (Å²) in [5.41, 5.74) is 1.22. The zero-order chi connectivity index (χ0) is 19.6. The molecular formula is C22H28N2O4. The summed E-state index contributed by atoms with van der Waals surface area (Å²) >= 11 is 0. The molecule has 1 fully saturated rings. The third-order valence-electron chi connectivity index (χ3n) is 4.72. The summed E-state index contributed by atoms with van der Waals surface area (Å²) < 4.78 is 16.6. The second-order valence-corrected chi connectivity index (χ2v) is 6.71. The van der Waals surface area contributed by atoms with Crippen molar-refractivity contribution in [1.82, 2.24) is 10.2 Å². The molecule has 1 heterocycles. The second kappa shape index (κ2) is 10.7. The fraction of sp³-hybridized carbons (Fsp3) is 0.409. The number of nitrogens with zero attached hydrogens (tertiary/aromatic N) is 1. The molecule has 0 saturated carbocycles. The smallest absolute Gasteiger partial charge is 0.257 e. The normalized spacial score (nSPS) is 17.1. The maximum Gasteiger partial charge on any atom is 0.257 e. The number of hydrogen-bond acceptors (Lipinski definition) is 5. The van der Waals surface area contributed by atoms with E-state index < -0.39 is 0 Å². The molecular weight excluding hydrogens is 356 g/mol. The minimum absolute atomic E-state index is 0.0198. The van der Waals surface area contributed by atoms with Crippen LogP contribution in [-0.2, 0) is 9.53 Å². The fourth-order valence-corrected chi connectivity index (χ4v) is 3.24. The molecule has 0 unspecified atom stereocenters. The Kier molecular flexibility index (Phi) is 7.70. The SMILES string of the molecule is COc1ccccc1OCC(=O)NCCCN1CCO[C@H](c2ccccc2)C1. The van der Waals surface area contributed by atoms with Crippen molar-refractivity contribution in [3.05, 3.63) is 60.2 Å². The van der Waals surface area contributed by atoms with Gasteiger partial charge >= 0.3 is 0 Å². The number of amides is 1. The molecule has 1 N–H and O–H groups in total. The molecule has 3 rings (SSSR count). The standard InChI is InChI=1S/C22H28N2O4/c1-26-19-10-5-6-11-20(19)28-17-22(25)23-12-7-13-24-14-15-27-21(16-24)18-8-3-2-4-9-18/h2-6,8-11,21H,7,12-17H2,1H3,(H,23,25)/t21-/m0/s1. The number of morpholine rings is 1. The summed E-state index contributed by atoms with van der Waals surface area (Å²) in [5, 5.41) is 2.91. The van der Waals surface area contributed by atoms with Gasteiger partial charge in [-0.1, -0.05) is 42.5 Å². The fourth-order valence-electron chi connectivity index (χ4n) is 3.24. The number of carbonyl (C=O) groups is 1. The lowest BCUT2D eigenvalue weighted by Crippen LogP contribution is -2.40. The second-order valence-electron chi connectivity index (χ2n) is 6.71. The molecule has 150 valence electrons. The number of carbonyl (C=O) groups excluding carboxylic acids is 1. The van der Waals surface area contributed by atoms with Gasteiger partial charge in [0, 0.05) is 26.2 Å². The lowest BCUT2D eigenvalue weighted by molar-refractivity contribution is -0.123. The Morgan fingerprint density at radius 1 is 1.14 bits per heavy atom. The number of methoxy groups -OCH3 is 1. The van der Waals surface area contributed by atoms with Gasteiger partial charge in [0.25, 0.3) is 5.91 Å². The van der Waals surface area contributed by atoms with E-state index in [-0.39, 0.29) is 18.6 Å². The van der Waals surface area contributed by atoms with Gasteiger partial charge in [0.05, 0.1) is 19.8 Å². The average molecular weight is 384 g/mol. The minimum Gasteiger partial charge on any atom is -0.493 e. The molecule has 2 aromatic carbocycles. The van der Waals surface area contributed by atoms with Crippen LogP contribution in [0.4, 0.5) is 0 Å². The maximum atomic E-state index is 12.0. The maximum absolute atomic E-state index is 12.0. The molecule has 0 aliphatic carbocycles. The van der Waals surface area contributed by atoms with E-state index in [9.17, 15) is 4.79 Å². The predicted octanol–water partition coefficient (Wildman–Crippen LogP) is 2.65. The van der Waals surface area contributed by atoms with Gasteiger partial charge in [-0.25, -0.2) is 0 Å². The molecule has 6 nitrogen and oxygen atoms in total. The lowest BCUT2D eigenvalue weighted by atomic mass is 10.1. The topological polar surface area (TPSA) is 60.0 Å². The van der Waals surface area contributed by atoms with E-state index in [2.05, 4.69) is 22.3 Å². The Labute approximate surface area is 166 Å². The molecule has 28 heavy (non-hydrogen) atoms. The molecule has 6 heteroatoms. The Hall–Kier alpha value is -2.57. The van der Waals surface area contributed by atoms with Crippen LogP contribution in [0, 0.1) is 0 Å². The third kappa shape index (κ3) is 5.97. The first-order valence-corrected chi connectivity index (χ1v) is 9.67. The van der Waals surface area contributed by atoms with E-state index in [4.69, 9.17) is 14.2 Å². The van der Waals surface area contributed by atoms with E-state index in [0.29, 0.717) is 18.0 Å². The van der Waals surface area contributed by atoms with Gasteiger partial charge in [0.2, 0.25) is 0 Å². The Morgan fingerprint density at radius 2 is 1.89 bits per heavy atom. The van der Waals surface area contributed by atoms with E-state index in [0.717, 1.165) is 32.7 Å². The van der Waals surface area contributed by atoms with Crippen LogP contribution in [0.3, 0.4) is 0 Å². The van der Waals surface area contributed by atoms with Crippen LogP contribution >= 0.6 is 0 Å². The lowest BCUT2D eigenvalue weighted by Gasteiger charge is -2.33. The molecule has 1 saturated heterocycles. The molecule has 1 aliphatic rings. The Balaban J connectivity index is 1.33. The highest BCUT2D eigenvalue weighted by Crippen LogP contribution is 2.25. The van der Waals surface area contributed by atoms with Gasteiger partial charge in [0.1, 0.15) is 0 Å². The first kappa shape index (κ1) is 20.2. The van der Waals surface area contributed by atoms with Gasteiger partial charge < -0.3 is 19.5 Å². The summed E-state index contributed by atoms with van der Waals surface area (Å²) in [4.78, 5) is 14.4. The predicted molar refractivity (Wildman–Crippen MR) is 108 cm³/mol. The van der Waals surface area contributed by atoms with E-state index in [1.807, 2.05) is 30.3 Å². The number of rotatable bonds is 9. The molecule has 1 amide bonds. The zero-order valence-corrected chi connectivity index (χ0v) is 16.3. The van der Waals surface area contributed by atoms with Crippen LogP contribution in [0.1, 0.15) is 18.1 Å². The van der Waals surface area contributed by atoms with Crippen molar-refractivity contribution in [2.75, 3.05) is 46.5 Å². The number of hydrogen-bond donors (Lipinski definition) is 1. The van der Waals surface area contributed by atoms with Crippen LogP contribution in [0.25, 0.3) is 0 Å². The van der Waals surface area contributed by atoms with Gasteiger partial charge in [-0.2, -0.15) is 0 Å². The van der Waals surface area contributed by atoms with Crippen LogP contribution < -0.4 is 14.8 Å². The summed E-state index contributed by atoms with van der Waals surface area (Å²) in [7, 11) is 1.58. The molecule has 0 radical (unpaired) electrons. The summed E-state index contributed by atoms with van der Waals surface area (Å²) in [6.07, 6.45) is 1.01. The van der Waals surface area contributed by atoms with Crippen molar-refractivity contribution >= 4 is 5.91 Å². The van der Waals surface area contributed by atoms with Crippen molar-refractivity contribution in [2.45, 2.75) is 12.5 Å². The van der Waals surface area contributed by atoms with Crippen molar-refractivity contribution in [3.8, 4) is 11.5 Å². The first-order valence-electron chi connectivity index (χ1n) is 9.67. The van der Waals surface area contributed by atoms with Crippen LogP contribution in [0.2, 0.25) is 0 Å². The molecule has 1 atom stereocenters. The Morgan fingerprint density at radius 3 is 2.68 bits per heavy atom. The molecule has 2 aromatic rings. The first-order chi connectivity index (χ1) is 13.8. The number of para-hydroxylation sites is 2. The highest BCUT2D eigenvalue weighted by molar-refractivity contribution is 5.77. The third-order valence-corrected chi connectivity index (χ3v) is 4.72. The number of benzene rings is 2. The van der Waals surface area contributed by atoms with Gasteiger partial charge in [-0.05, 0) is 24.1 Å². The molecule has 1 aliphatic heterocycles. The highest BCUT2D eigenvalue weighted by Gasteiger charge is 2.21. The molecule has 0 spiro atoms. The van der Waals surface area contributed by atoms with Crippen molar-refractivity contribution < 1.29 is 19.0 Å². The monoisotopic (exact) mass is 384 g/mol. The van der Waals surface area contributed by atoms with Crippen molar-refractivity contribution in [2.24, 2.45) is 0 Å². The van der Waals surface area contributed by atoms with Crippen LogP contribution in [0.5, 0.6) is 11.5 Å². The quantitative estimate of drug-likeness (QED) is 0.674. The van der Waals surface area contributed by atoms with E-state index in [1.54, 1.807) is 19.2 Å². The van der Waals surface area contributed by atoms with Gasteiger partial charge in [0.15, 0.2) is 18.1 Å². The number of nitrogens with one attached hydrogen (secondary N) is 1. The molecule has 0 aromatic heterocycles. The molecule has 0 bridgehead atoms. The summed E-state index contributed by atoms with van der Waals surface area (Å²) in [6.45, 7) is 4.08. The zero-order valence-electron chi connectivity index (χ0n) is 16.3.